The van der Waals surface area contributed by atoms with Gasteiger partial charge in [0, 0.05) is 5.56 Å². The fourth-order valence-corrected chi connectivity index (χ4v) is 1.30. The first kappa shape index (κ1) is 12.1. The zero-order valence-electron chi connectivity index (χ0n) is 8.11. The summed E-state index contributed by atoms with van der Waals surface area (Å²) in [7, 11) is 0. The summed E-state index contributed by atoms with van der Waals surface area (Å²) in [6.45, 7) is 0. The van der Waals surface area contributed by atoms with Crippen molar-refractivity contribution >= 4 is 12.4 Å². The van der Waals surface area contributed by atoms with Gasteiger partial charge in [-0.05, 0) is 18.2 Å². The van der Waals surface area contributed by atoms with E-state index in [1.807, 2.05) is 0 Å². The Bertz CT molecular complexity index is 409. The normalized spacial score (nSPS) is 11.9. The number of carbonyl (C=O) groups is 2. The van der Waals surface area contributed by atoms with Gasteiger partial charge in [-0.15, -0.1) is 0 Å². The number of carboxylic acid groups (broad SMARTS) is 1. The van der Waals surface area contributed by atoms with Crippen molar-refractivity contribution in [2.24, 2.45) is 0 Å². The molecule has 0 aliphatic heterocycles. The Morgan fingerprint density at radius 1 is 1.50 bits per heavy atom. The number of hydrogen-bond acceptors (Lipinski definition) is 2. The summed E-state index contributed by atoms with van der Waals surface area (Å²) in [5, 5.41) is 10.7. The summed E-state index contributed by atoms with van der Waals surface area (Å²) in [5.74, 6) is -2.68. The third kappa shape index (κ3) is 3.01. The van der Waals surface area contributed by atoms with Gasteiger partial charge in [0.05, 0.1) is 12.5 Å². The van der Waals surface area contributed by atoms with Gasteiger partial charge >= 0.3 is 5.97 Å². The van der Waals surface area contributed by atoms with Crippen molar-refractivity contribution in [2.75, 3.05) is 0 Å². The summed E-state index contributed by atoms with van der Waals surface area (Å²) >= 11 is 0. The van der Waals surface area contributed by atoms with Gasteiger partial charge in [-0.3, -0.25) is 9.59 Å². The molecule has 0 fully saturated rings. The summed E-state index contributed by atoms with van der Waals surface area (Å²) in [6, 6.07) is 1.58. The highest BCUT2D eigenvalue weighted by atomic mass is 19.1. The van der Waals surface area contributed by atoms with Crippen LogP contribution in [0.4, 0.5) is 8.78 Å². The highest BCUT2D eigenvalue weighted by Gasteiger charge is 2.18. The van der Waals surface area contributed by atoms with Gasteiger partial charge in [0.1, 0.15) is 11.6 Å². The topological polar surface area (TPSA) is 66.4 Å². The summed E-state index contributed by atoms with van der Waals surface area (Å²) in [4.78, 5) is 20.7. The van der Waals surface area contributed by atoms with Crippen LogP contribution in [-0.4, -0.2) is 17.5 Å². The van der Waals surface area contributed by atoms with E-state index < -0.39 is 30.1 Å². The average molecular weight is 229 g/mol. The van der Waals surface area contributed by atoms with Crippen molar-refractivity contribution in [1.82, 2.24) is 5.32 Å². The molecule has 0 bridgehead atoms. The second-order valence-electron chi connectivity index (χ2n) is 3.10. The second kappa shape index (κ2) is 5.20. The largest absolute Gasteiger partial charge is 0.481 e. The summed E-state index contributed by atoms with van der Waals surface area (Å²) in [6.07, 6.45) is -0.267. The second-order valence-corrected chi connectivity index (χ2v) is 3.10. The molecule has 4 nitrogen and oxygen atoms in total. The standard InChI is InChI=1S/C10H9F2NO3/c11-6-1-2-8(12)7(3-6)9(13-5-14)4-10(15)16/h1-3,5,9H,4H2,(H,13,14)(H,15,16)/t9-/m1/s1. The van der Waals surface area contributed by atoms with Gasteiger partial charge in [0.25, 0.3) is 0 Å². The SMILES string of the molecule is O=CN[C@H](CC(=O)O)c1cc(F)ccc1F. The number of benzene rings is 1. The Morgan fingerprint density at radius 2 is 2.19 bits per heavy atom. The van der Waals surface area contributed by atoms with E-state index >= 15 is 0 Å². The quantitative estimate of drug-likeness (QED) is 0.746. The van der Waals surface area contributed by atoms with Crippen LogP contribution >= 0.6 is 0 Å². The monoisotopic (exact) mass is 229 g/mol. The molecule has 0 spiro atoms. The summed E-state index contributed by atoms with van der Waals surface area (Å²) in [5.41, 5.74) is -0.186. The van der Waals surface area contributed by atoms with E-state index in [9.17, 15) is 18.4 Å². The third-order valence-electron chi connectivity index (χ3n) is 1.98. The van der Waals surface area contributed by atoms with Crippen molar-refractivity contribution in [3.8, 4) is 0 Å². The van der Waals surface area contributed by atoms with Crippen LogP contribution in [0.1, 0.15) is 18.0 Å². The lowest BCUT2D eigenvalue weighted by Gasteiger charge is -2.14. The van der Waals surface area contributed by atoms with Crippen LogP contribution in [0.25, 0.3) is 0 Å². The number of halogens is 2. The maximum absolute atomic E-state index is 13.3. The maximum Gasteiger partial charge on any atom is 0.305 e. The fraction of sp³-hybridized carbons (Fsp3) is 0.200. The lowest BCUT2D eigenvalue weighted by molar-refractivity contribution is -0.137. The molecule has 0 aliphatic rings. The molecule has 0 heterocycles. The van der Waals surface area contributed by atoms with Crippen LogP contribution in [0.5, 0.6) is 0 Å². The fourth-order valence-electron chi connectivity index (χ4n) is 1.30. The van der Waals surface area contributed by atoms with E-state index in [-0.39, 0.29) is 12.0 Å². The Morgan fingerprint density at radius 3 is 2.75 bits per heavy atom. The van der Waals surface area contributed by atoms with E-state index in [1.54, 1.807) is 0 Å². The van der Waals surface area contributed by atoms with E-state index in [1.165, 1.54) is 0 Å². The number of nitrogens with one attached hydrogen (secondary N) is 1. The lowest BCUT2D eigenvalue weighted by Crippen LogP contribution is -2.23. The first-order chi connectivity index (χ1) is 7.54. The van der Waals surface area contributed by atoms with Crippen molar-refractivity contribution in [3.63, 3.8) is 0 Å². The minimum atomic E-state index is -1.22. The van der Waals surface area contributed by atoms with Gasteiger partial charge in [0.15, 0.2) is 0 Å². The average Bonchev–Trinajstić information content (AvgIpc) is 2.20. The number of aliphatic carboxylic acids is 1. The number of carboxylic acids is 1. The molecule has 86 valence electrons. The molecule has 1 rings (SSSR count). The lowest BCUT2D eigenvalue weighted by atomic mass is 10.0. The third-order valence-corrected chi connectivity index (χ3v) is 1.98. The molecular formula is C10H9F2NO3. The summed E-state index contributed by atoms with van der Waals surface area (Å²) < 4.78 is 26.1. The van der Waals surface area contributed by atoms with Gasteiger partial charge in [-0.2, -0.15) is 0 Å². The van der Waals surface area contributed by atoms with E-state index in [0.717, 1.165) is 18.2 Å². The van der Waals surface area contributed by atoms with E-state index in [0.29, 0.717) is 0 Å². The molecule has 1 atom stereocenters. The molecule has 1 aromatic carbocycles. The number of rotatable bonds is 5. The van der Waals surface area contributed by atoms with Crippen molar-refractivity contribution < 1.29 is 23.5 Å². The minimum Gasteiger partial charge on any atom is -0.481 e. The zero-order chi connectivity index (χ0) is 12.1. The molecule has 0 saturated heterocycles. The Labute approximate surface area is 89.9 Å². The molecule has 0 radical (unpaired) electrons. The van der Waals surface area contributed by atoms with Crippen LogP contribution in [0.15, 0.2) is 18.2 Å². The van der Waals surface area contributed by atoms with Gasteiger partial charge in [0.2, 0.25) is 6.41 Å². The van der Waals surface area contributed by atoms with Crippen LogP contribution in [0.3, 0.4) is 0 Å². The van der Waals surface area contributed by atoms with Crippen molar-refractivity contribution in [1.29, 1.82) is 0 Å². The molecular weight excluding hydrogens is 220 g/mol. The first-order valence-corrected chi connectivity index (χ1v) is 4.41. The van der Waals surface area contributed by atoms with E-state index in [4.69, 9.17) is 5.11 Å². The number of hydrogen-bond donors (Lipinski definition) is 2. The minimum absolute atomic E-state index is 0.186. The van der Waals surface area contributed by atoms with Crippen LogP contribution < -0.4 is 5.32 Å². The predicted octanol–water partition coefficient (Wildman–Crippen LogP) is 1.23. The molecule has 0 saturated carbocycles. The van der Waals surface area contributed by atoms with Crippen molar-refractivity contribution in [3.05, 3.63) is 35.4 Å². The highest BCUT2D eigenvalue weighted by Crippen LogP contribution is 2.20. The Balaban J connectivity index is 3.03. The maximum atomic E-state index is 13.3. The van der Waals surface area contributed by atoms with Gasteiger partial charge < -0.3 is 10.4 Å². The van der Waals surface area contributed by atoms with E-state index in [2.05, 4.69) is 5.32 Å². The molecule has 0 aromatic heterocycles. The van der Waals surface area contributed by atoms with Gasteiger partial charge in [-0.25, -0.2) is 8.78 Å². The predicted molar refractivity (Wildman–Crippen MR) is 50.6 cm³/mol. The Kier molecular flexibility index (Phi) is 3.93. The molecule has 1 aromatic rings. The highest BCUT2D eigenvalue weighted by molar-refractivity contribution is 5.68. The number of carbonyl (C=O) groups excluding carboxylic acids is 1. The van der Waals surface area contributed by atoms with Crippen LogP contribution in [-0.2, 0) is 9.59 Å². The van der Waals surface area contributed by atoms with Gasteiger partial charge in [-0.1, -0.05) is 0 Å². The molecule has 2 N–H and O–H groups in total. The van der Waals surface area contributed by atoms with Crippen LogP contribution in [0, 0.1) is 11.6 Å². The smallest absolute Gasteiger partial charge is 0.305 e. The number of amides is 1. The molecule has 16 heavy (non-hydrogen) atoms. The molecule has 1 amide bonds. The Hall–Kier alpha value is -1.98. The first-order valence-electron chi connectivity index (χ1n) is 4.41. The van der Waals surface area contributed by atoms with Crippen LogP contribution in [0.2, 0.25) is 0 Å². The zero-order valence-corrected chi connectivity index (χ0v) is 8.11. The molecule has 0 unspecified atom stereocenters. The molecule has 6 heteroatoms. The molecule has 0 aliphatic carbocycles. The van der Waals surface area contributed by atoms with Crippen molar-refractivity contribution in [2.45, 2.75) is 12.5 Å².